The van der Waals surface area contributed by atoms with Crippen molar-refractivity contribution in [2.24, 2.45) is 0 Å². The zero-order valence-electron chi connectivity index (χ0n) is 31.2. The lowest BCUT2D eigenvalue weighted by Gasteiger charge is -2.45. The van der Waals surface area contributed by atoms with E-state index in [9.17, 15) is 9.59 Å². The Morgan fingerprint density at radius 1 is 0.605 bits per heavy atom. The van der Waals surface area contributed by atoms with Crippen LogP contribution in [0.5, 0.6) is 0 Å². The fourth-order valence-corrected chi connectivity index (χ4v) is 21.7. The highest BCUT2D eigenvalue weighted by Gasteiger charge is 2.52. The van der Waals surface area contributed by atoms with Crippen LogP contribution in [0.4, 0.5) is 0 Å². The SMILES string of the molecule is CO[Si](CCCN(C(CC(=O)O[Si](C(C)C)(C(C)C)C(C)C)C(=O)O[Si](C(C)C)(C(C)C)C(C)C)[Si](C)(C)C)(OC)OC. The van der Waals surface area contributed by atoms with Gasteiger partial charge in [0, 0.05) is 27.4 Å². The summed E-state index contributed by atoms with van der Waals surface area (Å²) in [5.74, 6) is -0.560. The number of hydrogen-bond acceptors (Lipinski definition) is 8. The summed E-state index contributed by atoms with van der Waals surface area (Å²) in [5.41, 5.74) is 1.49. The first kappa shape index (κ1) is 42.6. The highest BCUT2D eigenvalue weighted by atomic mass is 28.4. The topological polar surface area (TPSA) is 83.5 Å². The lowest BCUT2D eigenvalue weighted by molar-refractivity contribution is -0.146. The van der Waals surface area contributed by atoms with Gasteiger partial charge < -0.3 is 26.7 Å². The second-order valence-corrected chi connectivity index (χ2v) is 33.8. The Labute approximate surface area is 270 Å². The largest absolute Gasteiger partial charge is 0.518 e. The summed E-state index contributed by atoms with van der Waals surface area (Å²) in [6, 6.07) is -0.111. The lowest BCUT2D eigenvalue weighted by Crippen LogP contribution is -2.60. The quantitative estimate of drug-likeness (QED) is 0.118. The Kier molecular flexibility index (Phi) is 17.4. The molecule has 0 N–H and O–H groups in total. The van der Waals surface area contributed by atoms with E-state index in [1.807, 2.05) is 0 Å². The third-order valence-corrected chi connectivity index (χ3v) is 26.7. The zero-order valence-corrected chi connectivity index (χ0v) is 35.2. The Balaban J connectivity index is 6.84. The summed E-state index contributed by atoms with van der Waals surface area (Å²) in [6.07, 6.45) is 0.693. The Morgan fingerprint density at radius 3 is 1.26 bits per heavy atom. The molecule has 0 radical (unpaired) electrons. The fourth-order valence-electron chi connectivity index (χ4n) is 7.65. The molecule has 8 nitrogen and oxygen atoms in total. The smallest absolute Gasteiger partial charge is 0.500 e. The summed E-state index contributed by atoms with van der Waals surface area (Å²) < 4.78 is 32.6. The van der Waals surface area contributed by atoms with Crippen LogP contribution in [0.2, 0.25) is 58.9 Å². The molecule has 0 bridgehead atoms. The van der Waals surface area contributed by atoms with Crippen LogP contribution in [0.1, 0.15) is 95.9 Å². The predicted octanol–water partition coefficient (Wildman–Crippen LogP) is 8.59. The molecule has 0 rings (SSSR count). The molecule has 0 amide bonds. The molecule has 0 saturated heterocycles. The maximum absolute atomic E-state index is 14.5. The van der Waals surface area contributed by atoms with Gasteiger partial charge in [-0.1, -0.05) is 103 Å². The number of carbonyl (C=O) groups is 2. The van der Waals surface area contributed by atoms with E-state index in [1.165, 1.54) is 0 Å². The highest BCUT2D eigenvalue weighted by Crippen LogP contribution is 2.44. The molecule has 0 aliphatic heterocycles. The first-order chi connectivity index (χ1) is 19.6. The second kappa shape index (κ2) is 17.5. The van der Waals surface area contributed by atoms with Gasteiger partial charge in [0.05, 0.1) is 6.42 Å². The van der Waals surface area contributed by atoms with Crippen molar-refractivity contribution in [2.75, 3.05) is 27.9 Å². The van der Waals surface area contributed by atoms with E-state index in [2.05, 4.69) is 107 Å². The average molecular weight is 680 g/mol. The van der Waals surface area contributed by atoms with Crippen molar-refractivity contribution in [1.29, 1.82) is 0 Å². The minimum absolute atomic E-state index is 0.00974. The molecule has 0 aromatic carbocycles. The summed E-state index contributed by atoms with van der Waals surface area (Å²) in [6.45, 7) is 33.4. The van der Waals surface area contributed by atoms with Gasteiger partial charge in [0.1, 0.15) is 14.3 Å². The first-order valence-electron chi connectivity index (χ1n) is 16.4. The van der Waals surface area contributed by atoms with Gasteiger partial charge in [0.15, 0.2) is 0 Å². The van der Waals surface area contributed by atoms with Gasteiger partial charge in [0.2, 0.25) is 0 Å². The molecular weight excluding hydrogens is 611 g/mol. The van der Waals surface area contributed by atoms with E-state index < -0.39 is 39.7 Å². The third-order valence-electron chi connectivity index (χ3n) is 9.67. The zero-order chi connectivity index (χ0) is 34.1. The summed E-state index contributed by atoms with van der Waals surface area (Å²) in [5, 5.41) is 0. The second-order valence-electron chi connectivity index (χ2n) is 15.0. The normalized spacial score (nSPS) is 14.6. The minimum atomic E-state index is -2.80. The van der Waals surface area contributed by atoms with Crippen molar-refractivity contribution in [3.63, 3.8) is 0 Å². The van der Waals surface area contributed by atoms with E-state index in [1.54, 1.807) is 21.3 Å². The molecule has 256 valence electrons. The maximum atomic E-state index is 14.5. The molecule has 0 spiro atoms. The Bertz CT molecular complexity index is 804. The van der Waals surface area contributed by atoms with Crippen LogP contribution in [-0.4, -0.2) is 84.1 Å². The van der Waals surface area contributed by atoms with Crippen LogP contribution in [0, 0.1) is 0 Å². The number of nitrogens with zero attached hydrogens (tertiary/aromatic N) is 1. The summed E-state index contributed by atoms with van der Waals surface area (Å²) >= 11 is 0. The average Bonchev–Trinajstić information content (AvgIpc) is 2.87. The number of hydrogen-bond donors (Lipinski definition) is 0. The van der Waals surface area contributed by atoms with Crippen molar-refractivity contribution in [1.82, 2.24) is 4.57 Å². The first-order valence-corrected chi connectivity index (χ1v) is 26.1. The molecule has 0 aromatic rings. The molecule has 43 heavy (non-hydrogen) atoms. The number of rotatable bonds is 20. The molecule has 0 heterocycles. The minimum Gasteiger partial charge on any atom is -0.518 e. The van der Waals surface area contributed by atoms with E-state index >= 15 is 0 Å². The predicted molar refractivity (Wildman–Crippen MR) is 189 cm³/mol. The number of carbonyl (C=O) groups excluding carboxylic acids is 2. The van der Waals surface area contributed by atoms with Crippen LogP contribution < -0.4 is 0 Å². The van der Waals surface area contributed by atoms with Crippen LogP contribution in [0.25, 0.3) is 0 Å². The molecule has 1 atom stereocenters. The summed E-state index contributed by atoms with van der Waals surface area (Å²) in [7, 11) is -5.11. The third kappa shape index (κ3) is 10.3. The molecule has 0 fully saturated rings. The molecule has 0 saturated carbocycles. The van der Waals surface area contributed by atoms with E-state index in [4.69, 9.17) is 22.1 Å². The van der Waals surface area contributed by atoms with Gasteiger partial charge in [0.25, 0.3) is 22.6 Å². The highest BCUT2D eigenvalue weighted by molar-refractivity contribution is 6.79. The van der Waals surface area contributed by atoms with Crippen molar-refractivity contribution in [3.8, 4) is 0 Å². The molecule has 12 heteroatoms. The van der Waals surface area contributed by atoms with Crippen molar-refractivity contribution in [3.05, 3.63) is 0 Å². The maximum Gasteiger partial charge on any atom is 0.500 e. The van der Waals surface area contributed by atoms with E-state index in [0.29, 0.717) is 19.0 Å². The van der Waals surface area contributed by atoms with Crippen molar-refractivity contribution < 1.29 is 31.7 Å². The van der Waals surface area contributed by atoms with Crippen LogP contribution in [0.3, 0.4) is 0 Å². The van der Waals surface area contributed by atoms with Gasteiger partial charge >= 0.3 is 14.8 Å². The lowest BCUT2D eigenvalue weighted by atomic mass is 10.2. The van der Waals surface area contributed by atoms with E-state index in [-0.39, 0.29) is 51.6 Å². The van der Waals surface area contributed by atoms with Gasteiger partial charge in [-0.3, -0.25) is 9.59 Å². The van der Waals surface area contributed by atoms with Gasteiger partial charge in [-0.2, -0.15) is 0 Å². The Morgan fingerprint density at radius 2 is 0.953 bits per heavy atom. The van der Waals surface area contributed by atoms with Crippen molar-refractivity contribution in [2.45, 2.75) is 161 Å². The van der Waals surface area contributed by atoms with Gasteiger partial charge in [-0.15, -0.1) is 0 Å². The van der Waals surface area contributed by atoms with Crippen molar-refractivity contribution >= 4 is 45.6 Å². The Hall–Kier alpha value is -0.352. The fraction of sp³-hybridized carbons (Fsp3) is 0.935. The van der Waals surface area contributed by atoms with Crippen LogP contribution in [0.15, 0.2) is 0 Å². The van der Waals surface area contributed by atoms with Crippen LogP contribution >= 0.6 is 0 Å². The van der Waals surface area contributed by atoms with Gasteiger partial charge in [-0.05, 0) is 46.2 Å². The molecule has 0 aliphatic carbocycles. The molecule has 1 unspecified atom stereocenters. The van der Waals surface area contributed by atoms with E-state index in [0.717, 1.165) is 0 Å². The summed E-state index contributed by atoms with van der Waals surface area (Å²) in [4.78, 5) is 28.5. The monoisotopic (exact) mass is 679 g/mol. The standard InChI is InChI=1S/C31H69NO7Si4/c1-23(2)42(24(3)4,25(5)6)38-30(33)22-29(31(34)39-43(26(7)8,27(9)10)28(11)12)32(40(16,17)18)20-19-21-41(35-13,36-14)37-15/h23-29H,19-22H2,1-18H3. The molecule has 0 aromatic heterocycles. The van der Waals surface area contributed by atoms with Gasteiger partial charge in [-0.25, -0.2) is 0 Å². The van der Waals surface area contributed by atoms with Crippen LogP contribution in [-0.2, 0) is 31.7 Å². The molecular formula is C31H69NO7Si4. The molecule has 0 aliphatic rings.